The zero-order valence-corrected chi connectivity index (χ0v) is 13.3. The minimum Gasteiger partial charge on any atom is -0.406 e. The van der Waals surface area contributed by atoms with Crippen molar-refractivity contribution in [3.8, 4) is 5.75 Å². The highest BCUT2D eigenvalue weighted by molar-refractivity contribution is 5.85. The number of nitrogens with one attached hydrogen (secondary N) is 2. The van der Waals surface area contributed by atoms with Crippen LogP contribution in [0.4, 0.5) is 13.2 Å². The number of ether oxygens (including phenoxy) is 1. The Bertz CT molecular complexity index is 469. The predicted molar refractivity (Wildman–Crippen MR) is 81.6 cm³/mol. The van der Waals surface area contributed by atoms with E-state index < -0.39 is 6.36 Å². The number of carbonyl (C=O) groups is 1. The fourth-order valence-corrected chi connectivity index (χ4v) is 1.84. The summed E-state index contributed by atoms with van der Waals surface area (Å²) in [5, 5.41) is 14.7. The molecule has 0 spiro atoms. The Labute approximate surface area is 138 Å². The second-order valence-corrected chi connectivity index (χ2v) is 4.78. The summed E-state index contributed by atoms with van der Waals surface area (Å²) in [5.74, 6) is -0.691. The minimum atomic E-state index is -4.72. The number of carbonyl (C=O) groups excluding carboxylic acids is 1. The molecule has 0 fully saturated rings. The lowest BCUT2D eigenvalue weighted by Gasteiger charge is -2.15. The van der Waals surface area contributed by atoms with Gasteiger partial charge in [-0.15, -0.1) is 25.6 Å². The van der Waals surface area contributed by atoms with Gasteiger partial charge in [-0.2, -0.15) is 0 Å². The van der Waals surface area contributed by atoms with Gasteiger partial charge in [-0.05, 0) is 31.2 Å². The van der Waals surface area contributed by atoms with Gasteiger partial charge in [-0.3, -0.25) is 4.79 Å². The van der Waals surface area contributed by atoms with Crippen molar-refractivity contribution in [2.75, 3.05) is 26.7 Å². The molecule has 3 N–H and O–H groups in total. The number of likely N-dealkylation sites (N-methyl/N-ethyl adjacent to an activating group) is 1. The van der Waals surface area contributed by atoms with Gasteiger partial charge in [0.05, 0.1) is 6.54 Å². The first-order chi connectivity index (χ1) is 10.3. The number of amides is 1. The second-order valence-electron chi connectivity index (χ2n) is 4.78. The average Bonchev–Trinajstić information content (AvgIpc) is 2.44. The molecule has 132 valence electrons. The highest BCUT2D eigenvalue weighted by Crippen LogP contribution is 2.23. The second kappa shape index (κ2) is 10.3. The van der Waals surface area contributed by atoms with Gasteiger partial charge in [0, 0.05) is 19.1 Å². The molecule has 0 radical (unpaired) electrons. The van der Waals surface area contributed by atoms with Crippen LogP contribution >= 0.6 is 12.4 Å². The van der Waals surface area contributed by atoms with E-state index >= 15 is 0 Å². The van der Waals surface area contributed by atoms with Gasteiger partial charge in [0.1, 0.15) is 5.75 Å². The Morgan fingerprint density at radius 3 is 2.39 bits per heavy atom. The van der Waals surface area contributed by atoms with E-state index in [1.54, 1.807) is 7.05 Å². The summed E-state index contributed by atoms with van der Waals surface area (Å²) in [6, 6.07) is 5.44. The highest BCUT2D eigenvalue weighted by atomic mass is 35.5. The van der Waals surface area contributed by atoms with E-state index in [-0.39, 0.29) is 49.7 Å². The summed E-state index contributed by atoms with van der Waals surface area (Å²) in [4.78, 5) is 11.3. The number of hydrogen-bond donors (Lipinski definition) is 3. The molecule has 1 aromatic carbocycles. The standard InChI is InChI=1S/C14H19F3N2O3.ClH/c1-18-8-13(21)19-7-11(9-20)6-10-2-4-12(5-3-10)22-14(15,16)17;/h2-5,11,18,20H,6-9H2,1H3,(H,19,21);1H. The van der Waals surface area contributed by atoms with Crippen molar-refractivity contribution in [3.63, 3.8) is 0 Å². The van der Waals surface area contributed by atoms with Crippen LogP contribution in [0.5, 0.6) is 5.75 Å². The fourth-order valence-electron chi connectivity index (χ4n) is 1.84. The summed E-state index contributed by atoms with van der Waals surface area (Å²) in [5.41, 5.74) is 0.747. The molecule has 1 atom stereocenters. The van der Waals surface area contributed by atoms with Crippen molar-refractivity contribution in [2.45, 2.75) is 12.8 Å². The van der Waals surface area contributed by atoms with Crippen LogP contribution in [0.3, 0.4) is 0 Å². The molecular formula is C14H20ClF3N2O3. The highest BCUT2D eigenvalue weighted by Gasteiger charge is 2.30. The molecule has 9 heteroatoms. The third-order valence-corrected chi connectivity index (χ3v) is 2.86. The Hall–Kier alpha value is -1.51. The van der Waals surface area contributed by atoms with Gasteiger partial charge in [-0.25, -0.2) is 0 Å². The zero-order valence-electron chi connectivity index (χ0n) is 12.5. The van der Waals surface area contributed by atoms with Gasteiger partial charge in [-0.1, -0.05) is 12.1 Å². The average molecular weight is 357 g/mol. The largest absolute Gasteiger partial charge is 0.573 e. The smallest absolute Gasteiger partial charge is 0.406 e. The van der Waals surface area contributed by atoms with Gasteiger partial charge in [0.2, 0.25) is 5.91 Å². The maximum atomic E-state index is 12.0. The summed E-state index contributed by atoms with van der Waals surface area (Å²) >= 11 is 0. The summed E-state index contributed by atoms with van der Waals surface area (Å²) in [7, 11) is 1.65. The van der Waals surface area contributed by atoms with Gasteiger partial charge in [0.15, 0.2) is 0 Å². The Balaban J connectivity index is 0.00000484. The van der Waals surface area contributed by atoms with Crippen LogP contribution in [0.1, 0.15) is 5.56 Å². The lowest BCUT2D eigenvalue weighted by Crippen LogP contribution is -2.36. The third kappa shape index (κ3) is 9.27. The Kier molecular flexibility index (Phi) is 9.62. The Morgan fingerprint density at radius 1 is 1.30 bits per heavy atom. The topological polar surface area (TPSA) is 70.6 Å². The molecule has 0 aliphatic carbocycles. The third-order valence-electron chi connectivity index (χ3n) is 2.86. The molecule has 23 heavy (non-hydrogen) atoms. The van der Waals surface area contributed by atoms with Crippen LogP contribution in [0, 0.1) is 5.92 Å². The van der Waals surface area contributed by atoms with Crippen LogP contribution in [-0.2, 0) is 11.2 Å². The molecule has 5 nitrogen and oxygen atoms in total. The van der Waals surface area contributed by atoms with Crippen LogP contribution in [0.25, 0.3) is 0 Å². The maximum absolute atomic E-state index is 12.0. The molecule has 0 saturated heterocycles. The van der Waals surface area contributed by atoms with E-state index in [1.807, 2.05) is 0 Å². The molecule has 0 saturated carbocycles. The SMILES string of the molecule is CNCC(=O)NCC(CO)Cc1ccc(OC(F)(F)F)cc1.Cl. The van der Waals surface area contributed by atoms with E-state index in [4.69, 9.17) is 0 Å². The minimum absolute atomic E-state index is 0. The fraction of sp³-hybridized carbons (Fsp3) is 0.500. The number of rotatable bonds is 8. The molecule has 0 heterocycles. The first-order valence-electron chi connectivity index (χ1n) is 6.71. The van der Waals surface area contributed by atoms with Crippen molar-refractivity contribution in [3.05, 3.63) is 29.8 Å². The number of halogens is 4. The first-order valence-corrected chi connectivity index (χ1v) is 6.71. The molecule has 0 bridgehead atoms. The number of hydrogen-bond acceptors (Lipinski definition) is 4. The molecule has 0 aliphatic heterocycles. The summed E-state index contributed by atoms with van der Waals surface area (Å²) in [6.45, 7) is 0.333. The van der Waals surface area contributed by atoms with Gasteiger partial charge < -0.3 is 20.5 Å². The van der Waals surface area contributed by atoms with Gasteiger partial charge >= 0.3 is 6.36 Å². The van der Waals surface area contributed by atoms with Crippen LogP contribution in [0.15, 0.2) is 24.3 Å². The quantitative estimate of drug-likeness (QED) is 0.660. The summed E-state index contributed by atoms with van der Waals surface area (Å²) in [6.07, 6.45) is -4.28. The Morgan fingerprint density at radius 2 is 1.91 bits per heavy atom. The van der Waals surface area contributed by atoms with Crippen molar-refractivity contribution < 1.29 is 27.8 Å². The van der Waals surface area contributed by atoms with Gasteiger partial charge in [0.25, 0.3) is 0 Å². The van der Waals surface area contributed by atoms with Crippen molar-refractivity contribution in [1.29, 1.82) is 0 Å². The molecular weight excluding hydrogens is 337 g/mol. The van der Waals surface area contributed by atoms with Crippen molar-refractivity contribution >= 4 is 18.3 Å². The van der Waals surface area contributed by atoms with Crippen LogP contribution < -0.4 is 15.4 Å². The van der Waals surface area contributed by atoms with Crippen LogP contribution in [0.2, 0.25) is 0 Å². The number of aliphatic hydroxyl groups excluding tert-OH is 1. The van der Waals surface area contributed by atoms with E-state index in [1.165, 1.54) is 24.3 Å². The first kappa shape index (κ1) is 21.5. The predicted octanol–water partition coefficient (Wildman–Crippen LogP) is 1.49. The van der Waals surface area contributed by atoms with E-state index in [0.717, 1.165) is 5.56 Å². The molecule has 0 aromatic heterocycles. The van der Waals surface area contributed by atoms with E-state index in [0.29, 0.717) is 6.42 Å². The van der Waals surface area contributed by atoms with Crippen molar-refractivity contribution in [1.82, 2.24) is 10.6 Å². The normalized spacial score (nSPS) is 12.2. The molecule has 1 unspecified atom stereocenters. The van der Waals surface area contributed by atoms with Crippen molar-refractivity contribution in [2.24, 2.45) is 5.92 Å². The number of alkyl halides is 3. The van der Waals surface area contributed by atoms with Crippen LogP contribution in [-0.4, -0.2) is 44.1 Å². The van der Waals surface area contributed by atoms with E-state index in [9.17, 15) is 23.1 Å². The molecule has 1 rings (SSSR count). The lowest BCUT2D eigenvalue weighted by atomic mass is 10.00. The monoisotopic (exact) mass is 356 g/mol. The summed E-state index contributed by atoms with van der Waals surface area (Å²) < 4.78 is 39.9. The van der Waals surface area contributed by atoms with E-state index in [2.05, 4.69) is 15.4 Å². The maximum Gasteiger partial charge on any atom is 0.573 e. The molecule has 1 amide bonds. The number of aliphatic hydroxyl groups is 1. The molecule has 1 aromatic rings. The lowest BCUT2D eigenvalue weighted by molar-refractivity contribution is -0.274. The number of benzene rings is 1. The molecule has 0 aliphatic rings. The zero-order chi connectivity index (χ0) is 16.6.